The average Bonchev–Trinajstić information content (AvgIpc) is 3.74. The van der Waals surface area contributed by atoms with Crippen LogP contribution in [-0.4, -0.2) is 63.5 Å². The summed E-state index contributed by atoms with van der Waals surface area (Å²) in [6, 6.07) is 20.8. The van der Waals surface area contributed by atoms with Crippen molar-refractivity contribution in [3.05, 3.63) is 95.4 Å². The second-order valence-corrected chi connectivity index (χ2v) is 11.4. The van der Waals surface area contributed by atoms with Gasteiger partial charge in [-0.1, -0.05) is 42.5 Å². The number of benzene rings is 3. The van der Waals surface area contributed by atoms with Gasteiger partial charge >= 0.3 is 6.18 Å². The highest BCUT2D eigenvalue weighted by atomic mass is 19.4. The van der Waals surface area contributed by atoms with E-state index in [0.717, 1.165) is 51.7 Å². The molecule has 44 heavy (non-hydrogen) atoms. The Bertz CT molecular complexity index is 1860. The Morgan fingerprint density at radius 1 is 1.05 bits per heavy atom. The van der Waals surface area contributed by atoms with Crippen LogP contribution in [0.1, 0.15) is 33.7 Å². The molecule has 0 aliphatic carbocycles. The van der Waals surface area contributed by atoms with Gasteiger partial charge in [0.15, 0.2) is 5.69 Å². The molecule has 11 heteroatoms. The summed E-state index contributed by atoms with van der Waals surface area (Å²) in [5.41, 5.74) is 2.95. The van der Waals surface area contributed by atoms with Gasteiger partial charge in [0.2, 0.25) is 0 Å². The van der Waals surface area contributed by atoms with Gasteiger partial charge in [0.25, 0.3) is 5.91 Å². The van der Waals surface area contributed by atoms with Crippen LogP contribution in [0.5, 0.6) is 0 Å². The summed E-state index contributed by atoms with van der Waals surface area (Å²) in [7, 11) is 1.75. The number of rotatable bonds is 6. The van der Waals surface area contributed by atoms with Crippen LogP contribution < -0.4 is 10.2 Å². The molecule has 0 radical (unpaired) electrons. The molecule has 1 amide bonds. The fourth-order valence-electron chi connectivity index (χ4n) is 6.43. The highest BCUT2D eigenvalue weighted by Crippen LogP contribution is 2.38. The number of aliphatic hydroxyl groups excluding tert-OH is 1. The summed E-state index contributed by atoms with van der Waals surface area (Å²) in [5, 5.41) is 18.6. The Balaban J connectivity index is 1.22. The number of nitrogens with zero attached hydrogens (tertiary/aromatic N) is 4. The quantitative estimate of drug-likeness (QED) is 0.228. The van der Waals surface area contributed by atoms with Gasteiger partial charge in [0.05, 0.1) is 11.8 Å². The molecular formula is C33H31F3N6O2. The van der Waals surface area contributed by atoms with E-state index in [-0.39, 0.29) is 30.3 Å². The van der Waals surface area contributed by atoms with Crippen LogP contribution >= 0.6 is 0 Å². The molecule has 0 saturated carbocycles. The Kier molecular flexibility index (Phi) is 6.94. The molecule has 7 rings (SSSR count). The van der Waals surface area contributed by atoms with Crippen molar-refractivity contribution in [3.63, 3.8) is 0 Å². The number of alkyl halides is 3. The second-order valence-electron chi connectivity index (χ2n) is 11.4. The molecule has 1 unspecified atom stereocenters. The fraction of sp³-hybridized carbons (Fsp3) is 0.273. The zero-order valence-electron chi connectivity index (χ0n) is 24.0. The van der Waals surface area contributed by atoms with Crippen molar-refractivity contribution in [1.82, 2.24) is 19.7 Å². The predicted molar refractivity (Wildman–Crippen MR) is 163 cm³/mol. The number of nitrogens with one attached hydrogen (secondary N) is 2. The summed E-state index contributed by atoms with van der Waals surface area (Å²) in [6.07, 6.45) is -2.40. The second kappa shape index (κ2) is 10.8. The number of aromatic amines is 1. The lowest BCUT2D eigenvalue weighted by atomic mass is 9.98. The molecular weight excluding hydrogens is 569 g/mol. The summed E-state index contributed by atoms with van der Waals surface area (Å²) in [5.74, 6) is 0.185. The number of hydrogen-bond acceptors (Lipinski definition) is 5. The maximum Gasteiger partial charge on any atom is 0.435 e. The topological polar surface area (TPSA) is 89.4 Å². The molecule has 5 aromatic rings. The van der Waals surface area contributed by atoms with Gasteiger partial charge in [0, 0.05) is 61.4 Å². The highest BCUT2D eigenvalue weighted by molar-refractivity contribution is 6.08. The number of β-amino-alcohol motifs (C(OH)–C–C–N with tert-alkyl or cyclic N) is 1. The van der Waals surface area contributed by atoms with Crippen molar-refractivity contribution >= 4 is 28.2 Å². The average molecular weight is 601 g/mol. The van der Waals surface area contributed by atoms with Crippen LogP contribution in [0.4, 0.5) is 24.7 Å². The van der Waals surface area contributed by atoms with Crippen LogP contribution in [0.3, 0.4) is 0 Å². The number of aromatic nitrogens is 3. The van der Waals surface area contributed by atoms with Crippen LogP contribution in [0.15, 0.2) is 72.9 Å². The van der Waals surface area contributed by atoms with Gasteiger partial charge in [-0.25, -0.2) is 4.68 Å². The SMILES string of the molecule is CNc1[nH]cc2ccc(-n3nc(C(F)(F)F)c4c3C(=O)N(c3ccc(-c5ccccc5CN5CCC(O)C5)cc3)CC4)cc12. The molecule has 2 aliphatic heterocycles. The van der Waals surface area contributed by atoms with E-state index in [1.807, 2.05) is 42.5 Å². The number of amides is 1. The van der Waals surface area contributed by atoms with Crippen molar-refractivity contribution in [2.24, 2.45) is 0 Å². The number of aliphatic hydroxyl groups is 1. The number of anilines is 2. The van der Waals surface area contributed by atoms with Crippen LogP contribution in [0.25, 0.3) is 27.6 Å². The third kappa shape index (κ3) is 4.91. The van der Waals surface area contributed by atoms with E-state index in [1.54, 1.807) is 31.4 Å². The molecule has 4 heterocycles. The summed E-state index contributed by atoms with van der Waals surface area (Å²) >= 11 is 0. The lowest BCUT2D eigenvalue weighted by molar-refractivity contribution is -0.141. The molecule has 8 nitrogen and oxygen atoms in total. The Morgan fingerprint density at radius 3 is 2.55 bits per heavy atom. The van der Waals surface area contributed by atoms with Gasteiger partial charge in [-0.2, -0.15) is 18.3 Å². The largest absolute Gasteiger partial charge is 0.435 e. The van der Waals surface area contributed by atoms with E-state index in [9.17, 15) is 23.1 Å². The van der Waals surface area contributed by atoms with Gasteiger partial charge < -0.3 is 20.3 Å². The Morgan fingerprint density at radius 2 is 1.82 bits per heavy atom. The van der Waals surface area contributed by atoms with E-state index in [4.69, 9.17) is 0 Å². The Labute approximate surface area is 251 Å². The number of carbonyl (C=O) groups is 1. The molecule has 3 aromatic carbocycles. The van der Waals surface area contributed by atoms with E-state index in [0.29, 0.717) is 23.7 Å². The smallest absolute Gasteiger partial charge is 0.392 e. The van der Waals surface area contributed by atoms with Gasteiger partial charge in [-0.15, -0.1) is 0 Å². The zero-order chi connectivity index (χ0) is 30.6. The lowest BCUT2D eigenvalue weighted by Gasteiger charge is -2.28. The minimum atomic E-state index is -4.70. The minimum absolute atomic E-state index is 0.0242. The summed E-state index contributed by atoms with van der Waals surface area (Å²) in [6.45, 7) is 2.32. The van der Waals surface area contributed by atoms with Gasteiger partial charge in [-0.05, 0) is 53.8 Å². The van der Waals surface area contributed by atoms with E-state index in [1.165, 1.54) is 4.90 Å². The summed E-state index contributed by atoms with van der Waals surface area (Å²) < 4.78 is 43.5. The number of H-pyrrole nitrogens is 1. The first kappa shape index (κ1) is 28.2. The maximum absolute atomic E-state index is 14.1. The zero-order valence-corrected chi connectivity index (χ0v) is 24.0. The molecule has 3 N–H and O–H groups in total. The molecule has 0 spiro atoms. The predicted octanol–water partition coefficient (Wildman–Crippen LogP) is 5.85. The molecule has 2 aromatic heterocycles. The molecule has 1 atom stereocenters. The maximum atomic E-state index is 14.1. The lowest BCUT2D eigenvalue weighted by Crippen LogP contribution is -2.39. The first-order valence-electron chi connectivity index (χ1n) is 14.6. The van der Waals surface area contributed by atoms with E-state index in [2.05, 4.69) is 26.4 Å². The number of carbonyl (C=O) groups excluding carboxylic acids is 1. The number of halogens is 3. The van der Waals surface area contributed by atoms with Crippen molar-refractivity contribution in [1.29, 1.82) is 0 Å². The minimum Gasteiger partial charge on any atom is -0.392 e. The van der Waals surface area contributed by atoms with E-state index >= 15 is 0 Å². The van der Waals surface area contributed by atoms with Crippen LogP contribution in [0, 0.1) is 0 Å². The standard InChI is InChI=1S/C33H31F3N6O2/c1-37-31-28-16-24(11-8-21(28)17-38-31)42-29-27(30(39-42)33(34,35)36)13-15-41(32(29)44)23-9-6-20(7-10-23)26-5-3-2-4-22(26)18-40-14-12-25(43)19-40/h2-11,16-17,25,37-38,43H,12-15,18-19H2,1H3. The number of fused-ring (bicyclic) bond motifs is 2. The van der Waals surface area contributed by atoms with Crippen molar-refractivity contribution in [3.8, 4) is 16.8 Å². The number of hydrogen-bond donors (Lipinski definition) is 3. The first-order chi connectivity index (χ1) is 21.2. The Hall–Kier alpha value is -4.61. The van der Waals surface area contributed by atoms with Crippen molar-refractivity contribution < 1.29 is 23.1 Å². The van der Waals surface area contributed by atoms with Gasteiger partial charge in [0.1, 0.15) is 11.5 Å². The normalized spacial score (nSPS) is 17.4. The summed E-state index contributed by atoms with van der Waals surface area (Å²) in [4.78, 5) is 20.8. The molecule has 226 valence electrons. The fourth-order valence-corrected chi connectivity index (χ4v) is 6.43. The van der Waals surface area contributed by atoms with Crippen molar-refractivity contribution in [2.45, 2.75) is 31.7 Å². The third-order valence-corrected chi connectivity index (χ3v) is 8.61. The third-order valence-electron chi connectivity index (χ3n) is 8.61. The highest BCUT2D eigenvalue weighted by Gasteiger charge is 2.43. The molecule has 1 fully saturated rings. The molecule has 0 bridgehead atoms. The monoisotopic (exact) mass is 600 g/mol. The van der Waals surface area contributed by atoms with Crippen molar-refractivity contribution in [2.75, 3.05) is 36.9 Å². The van der Waals surface area contributed by atoms with Gasteiger partial charge in [-0.3, -0.25) is 9.69 Å². The van der Waals surface area contributed by atoms with E-state index < -0.39 is 17.8 Å². The van der Waals surface area contributed by atoms with Crippen LogP contribution in [-0.2, 0) is 19.1 Å². The first-order valence-corrected chi connectivity index (χ1v) is 14.6. The molecule has 1 saturated heterocycles. The van der Waals surface area contributed by atoms with Crippen LogP contribution in [0.2, 0.25) is 0 Å². The number of likely N-dealkylation sites (tertiary alicyclic amines) is 1. The molecule has 2 aliphatic rings.